The van der Waals surface area contributed by atoms with E-state index in [0.29, 0.717) is 38.5 Å². The smallest absolute Gasteiger partial charge is 0.462 e. The number of esters is 4. The molecule has 19 heteroatoms. The highest BCUT2D eigenvalue weighted by molar-refractivity contribution is 7.47. The summed E-state index contributed by atoms with van der Waals surface area (Å²) in [6.45, 7) is 4.29. The number of phosphoric acid groups is 2. The van der Waals surface area contributed by atoms with Gasteiger partial charge in [-0.1, -0.05) is 273 Å². The van der Waals surface area contributed by atoms with E-state index < -0.39 is 97.5 Å². The number of hydrogen-bond donors (Lipinski definition) is 3. The Balaban J connectivity index is 5.55. The van der Waals surface area contributed by atoms with Gasteiger partial charge >= 0.3 is 39.5 Å². The second-order valence-electron chi connectivity index (χ2n) is 25.9. The fourth-order valence-corrected chi connectivity index (χ4v) is 11.3. The molecule has 3 N–H and O–H groups in total. The van der Waals surface area contributed by atoms with Crippen molar-refractivity contribution in [3.63, 3.8) is 0 Å². The van der Waals surface area contributed by atoms with Gasteiger partial charge in [-0.05, 0) is 180 Å². The average Bonchev–Trinajstić information content (AvgIpc) is 0.906. The number of hydrogen-bond acceptors (Lipinski definition) is 15. The van der Waals surface area contributed by atoms with Crippen molar-refractivity contribution in [2.24, 2.45) is 0 Å². The predicted molar refractivity (Wildman–Crippen MR) is 445 cm³/mol. The van der Waals surface area contributed by atoms with E-state index >= 15 is 0 Å². The van der Waals surface area contributed by atoms with Crippen LogP contribution in [0.5, 0.6) is 0 Å². The first-order valence-electron chi connectivity index (χ1n) is 40.3. The Morgan fingerprint density at radius 1 is 0.269 bits per heavy atom. The maximum Gasteiger partial charge on any atom is 0.472 e. The topological polar surface area (TPSA) is 237 Å². The van der Waals surface area contributed by atoms with Crippen molar-refractivity contribution in [1.82, 2.24) is 0 Å². The molecular weight excluding hydrogens is 1400 g/mol. The Hall–Kier alpha value is -6.36. The summed E-state index contributed by atoms with van der Waals surface area (Å²) in [7, 11) is -10.0. The molecule has 0 aliphatic carbocycles. The molecule has 17 nitrogen and oxygen atoms in total. The minimum atomic E-state index is -5.02. The third-order valence-corrected chi connectivity index (χ3v) is 17.6. The van der Waals surface area contributed by atoms with E-state index in [9.17, 15) is 43.2 Å². The number of unbranched alkanes of at least 4 members (excludes halogenated alkanes) is 13. The summed E-state index contributed by atoms with van der Waals surface area (Å²) in [6, 6.07) is 0. The normalized spacial score (nSPS) is 14.9. The minimum absolute atomic E-state index is 0.00171. The van der Waals surface area contributed by atoms with Crippen LogP contribution >= 0.6 is 15.6 Å². The maximum atomic E-state index is 13.1. The molecule has 0 saturated heterocycles. The number of carbonyl (C=O) groups excluding carboxylic acids is 4. The third kappa shape index (κ3) is 77.8. The molecule has 0 spiro atoms. The van der Waals surface area contributed by atoms with Crippen LogP contribution in [0.1, 0.15) is 272 Å². The standard InChI is InChI=1S/C89H140O17P2/c1-5-9-13-17-21-25-29-33-37-40-41-44-47-50-54-58-62-66-70-74-87(92)100-80-85(106-89(94)76-72-68-64-60-56-52-48-43-39-35-31-27-23-19-15-11-7-3)82-104-108(97,98)102-78-83(90)77-101-107(95,96)103-81-84(105-88(93)75-71-67-63-59-55-51-45-36-32-28-24-20-16-12-8-4)79-99-86(91)73-69-65-61-57-53-49-46-42-38-34-30-26-22-18-14-10-6-2/h9-11,13-15,21-28,33-39,41,44-46,48-50,52,54,57,60-61,64,83-85,90H,5-8,12,16-20,29-32,40,42-43,47,51,53,55-56,58-59,62-63,65-82H2,1-4H3,(H,95,96)(H,97,98)/b13-9-,14-10-,15-11-,25-21-,26-22-,27-23-,28-24-,37-33-,38-34-,39-35-,44-41-,45-36-,49-46-,52-48-,54-50-,61-57-,64-60-. The van der Waals surface area contributed by atoms with E-state index in [1.54, 1.807) is 0 Å². The van der Waals surface area contributed by atoms with E-state index in [4.69, 9.17) is 37.0 Å². The Morgan fingerprint density at radius 2 is 0.491 bits per heavy atom. The lowest BCUT2D eigenvalue weighted by Crippen LogP contribution is -2.30. The number of aliphatic hydroxyl groups is 1. The van der Waals surface area contributed by atoms with Crippen molar-refractivity contribution < 1.29 is 80.2 Å². The van der Waals surface area contributed by atoms with Gasteiger partial charge in [0.15, 0.2) is 12.2 Å². The highest BCUT2D eigenvalue weighted by Gasteiger charge is 2.30. The summed E-state index contributed by atoms with van der Waals surface area (Å²) < 4.78 is 68.5. The van der Waals surface area contributed by atoms with Crippen molar-refractivity contribution in [2.75, 3.05) is 39.6 Å². The van der Waals surface area contributed by atoms with Crippen LogP contribution in [0.2, 0.25) is 0 Å². The van der Waals surface area contributed by atoms with Gasteiger partial charge < -0.3 is 33.8 Å². The lowest BCUT2D eigenvalue weighted by molar-refractivity contribution is -0.161. The first-order chi connectivity index (χ1) is 52.7. The molecule has 608 valence electrons. The van der Waals surface area contributed by atoms with Gasteiger partial charge in [0.25, 0.3) is 0 Å². The number of aliphatic hydroxyl groups excluding tert-OH is 1. The second-order valence-corrected chi connectivity index (χ2v) is 28.8. The average molecular weight is 1540 g/mol. The van der Waals surface area contributed by atoms with E-state index in [-0.39, 0.29) is 25.7 Å². The number of ether oxygens (including phenoxy) is 4. The number of carbonyl (C=O) groups is 4. The van der Waals surface area contributed by atoms with Gasteiger partial charge in [-0.2, -0.15) is 0 Å². The van der Waals surface area contributed by atoms with Gasteiger partial charge in [0.2, 0.25) is 0 Å². The van der Waals surface area contributed by atoms with Gasteiger partial charge in [0, 0.05) is 25.7 Å². The van der Waals surface area contributed by atoms with Crippen LogP contribution < -0.4 is 0 Å². The monoisotopic (exact) mass is 1540 g/mol. The quantitative estimate of drug-likeness (QED) is 0.0169. The van der Waals surface area contributed by atoms with E-state index in [1.165, 1.54) is 19.3 Å². The molecule has 0 saturated carbocycles. The zero-order valence-electron chi connectivity index (χ0n) is 66.4. The van der Waals surface area contributed by atoms with Crippen molar-refractivity contribution >= 4 is 39.5 Å². The first-order valence-corrected chi connectivity index (χ1v) is 43.3. The lowest BCUT2D eigenvalue weighted by atomic mass is 10.1. The fourth-order valence-electron chi connectivity index (χ4n) is 9.70. The Morgan fingerprint density at radius 3 is 0.796 bits per heavy atom. The summed E-state index contributed by atoms with van der Waals surface area (Å²) >= 11 is 0. The zero-order valence-corrected chi connectivity index (χ0v) is 68.2. The van der Waals surface area contributed by atoms with Gasteiger partial charge in [-0.25, -0.2) is 9.13 Å². The summed E-state index contributed by atoms with van der Waals surface area (Å²) in [6.07, 6.45) is 98.2. The molecule has 0 amide bonds. The number of phosphoric ester groups is 2. The molecule has 0 heterocycles. The molecule has 5 atom stereocenters. The molecule has 0 bridgehead atoms. The molecule has 0 aliphatic heterocycles. The number of rotatable bonds is 73. The fraction of sp³-hybridized carbons (Fsp3) is 0.573. The van der Waals surface area contributed by atoms with Gasteiger partial charge in [0.1, 0.15) is 19.3 Å². The minimum Gasteiger partial charge on any atom is -0.462 e. The van der Waals surface area contributed by atoms with Crippen molar-refractivity contribution in [3.05, 3.63) is 207 Å². The van der Waals surface area contributed by atoms with Gasteiger partial charge in [0.05, 0.1) is 26.4 Å². The van der Waals surface area contributed by atoms with Crippen molar-refractivity contribution in [1.29, 1.82) is 0 Å². The van der Waals surface area contributed by atoms with E-state index in [1.807, 2.05) is 24.3 Å². The summed E-state index contributed by atoms with van der Waals surface area (Å²) in [4.78, 5) is 73.1. The van der Waals surface area contributed by atoms with Crippen LogP contribution in [0.15, 0.2) is 207 Å². The van der Waals surface area contributed by atoms with Crippen LogP contribution in [0.25, 0.3) is 0 Å². The molecule has 0 rings (SSSR count). The third-order valence-electron chi connectivity index (χ3n) is 15.7. The SMILES string of the molecule is CC/C=C\C/C=C\C/C=C\C/C=C\C/C=C\CCCCCC(=O)OCC(COP(=O)(O)OCC(O)COP(=O)(O)OCC(COC(=O)CCC/C=C\C/C=C\C/C=C\C/C=C\C/C=C\CC)OC(=O)CCCCCCC/C=C\C/C=C\CCCCC)OC(=O)CCC/C=C\C/C=C\C/C=C\C/C=C\C/C=C\CC. The molecule has 0 fully saturated rings. The molecule has 0 aromatic rings. The lowest BCUT2D eigenvalue weighted by Gasteiger charge is -2.21. The molecule has 0 radical (unpaired) electrons. The van der Waals surface area contributed by atoms with Crippen LogP contribution in [-0.2, 0) is 65.4 Å². The Kier molecular flexibility index (Phi) is 74.1. The zero-order chi connectivity index (χ0) is 78.9. The molecule has 0 aromatic carbocycles. The van der Waals surface area contributed by atoms with Crippen LogP contribution in [0, 0.1) is 0 Å². The molecule has 108 heavy (non-hydrogen) atoms. The van der Waals surface area contributed by atoms with Crippen LogP contribution in [-0.4, -0.2) is 96.7 Å². The molecular formula is C89H140O17P2. The maximum absolute atomic E-state index is 13.1. The predicted octanol–water partition coefficient (Wildman–Crippen LogP) is 23.9. The highest BCUT2D eigenvalue weighted by atomic mass is 31.2. The van der Waals surface area contributed by atoms with Crippen molar-refractivity contribution in [2.45, 2.75) is 290 Å². The number of allylic oxidation sites excluding steroid dienone is 34. The van der Waals surface area contributed by atoms with Crippen LogP contribution in [0.4, 0.5) is 0 Å². The molecule has 0 aliphatic rings. The Labute approximate surface area is 652 Å². The van der Waals surface area contributed by atoms with E-state index in [0.717, 1.165) is 161 Å². The van der Waals surface area contributed by atoms with E-state index in [2.05, 4.69) is 210 Å². The highest BCUT2D eigenvalue weighted by Crippen LogP contribution is 2.45. The summed E-state index contributed by atoms with van der Waals surface area (Å²) in [5.74, 6) is -2.39. The Bertz CT molecular complexity index is 2860. The van der Waals surface area contributed by atoms with Crippen molar-refractivity contribution in [3.8, 4) is 0 Å². The molecule has 0 aromatic heterocycles. The van der Waals surface area contributed by atoms with Gasteiger partial charge in [-0.3, -0.25) is 37.3 Å². The summed E-state index contributed by atoms with van der Waals surface area (Å²) in [5, 5.41) is 10.7. The van der Waals surface area contributed by atoms with Gasteiger partial charge in [-0.15, -0.1) is 0 Å². The second kappa shape index (κ2) is 78.8. The van der Waals surface area contributed by atoms with Crippen LogP contribution in [0.3, 0.4) is 0 Å². The summed E-state index contributed by atoms with van der Waals surface area (Å²) in [5.41, 5.74) is 0. The largest absolute Gasteiger partial charge is 0.472 e. The first kappa shape index (κ1) is 102. The molecule has 5 unspecified atom stereocenters.